The van der Waals surface area contributed by atoms with E-state index < -0.39 is 28.8 Å². The number of hydrogen-bond acceptors (Lipinski definition) is 5. The monoisotopic (exact) mass is 303 g/mol. The first kappa shape index (κ1) is 14.4. The number of ether oxygens (including phenoxy) is 1. The van der Waals surface area contributed by atoms with E-state index >= 15 is 0 Å². The standard InChI is InChI=1S/C11H8F3N3O2S/c1-19-10-7(13)2-6(12)5(9(10)14)3-15-17-11-16-8(18)4-20-11/h2-3H,4H2,1H3,(H,16,17,18). The Balaban J connectivity index is 2.27. The summed E-state index contributed by atoms with van der Waals surface area (Å²) in [5, 5.41) is 9.64. The minimum Gasteiger partial charge on any atom is -0.491 e. The van der Waals surface area contributed by atoms with Crippen molar-refractivity contribution < 1.29 is 22.7 Å². The van der Waals surface area contributed by atoms with E-state index in [1.807, 2.05) is 0 Å². The third kappa shape index (κ3) is 2.93. The summed E-state index contributed by atoms with van der Waals surface area (Å²) in [4.78, 5) is 10.9. The summed E-state index contributed by atoms with van der Waals surface area (Å²) < 4.78 is 44.8. The fraction of sp³-hybridized carbons (Fsp3) is 0.182. The van der Waals surface area contributed by atoms with Crippen molar-refractivity contribution in [2.24, 2.45) is 10.2 Å². The predicted molar refractivity (Wildman–Crippen MR) is 68.5 cm³/mol. The number of amides is 1. The van der Waals surface area contributed by atoms with Crippen molar-refractivity contribution >= 4 is 29.1 Å². The quantitative estimate of drug-likeness (QED) is 0.682. The summed E-state index contributed by atoms with van der Waals surface area (Å²) in [6.45, 7) is 0. The number of amidine groups is 1. The second-order valence-electron chi connectivity index (χ2n) is 3.59. The van der Waals surface area contributed by atoms with Gasteiger partial charge in [-0.1, -0.05) is 11.8 Å². The molecule has 1 amide bonds. The van der Waals surface area contributed by atoms with Gasteiger partial charge in [0.1, 0.15) is 5.82 Å². The highest BCUT2D eigenvalue weighted by Crippen LogP contribution is 2.25. The molecule has 1 aromatic carbocycles. The van der Waals surface area contributed by atoms with Crippen LogP contribution in [0.4, 0.5) is 13.2 Å². The second-order valence-corrected chi connectivity index (χ2v) is 4.55. The van der Waals surface area contributed by atoms with Gasteiger partial charge in [0.2, 0.25) is 5.91 Å². The van der Waals surface area contributed by atoms with E-state index in [1.54, 1.807) is 0 Å². The van der Waals surface area contributed by atoms with E-state index in [0.717, 1.165) is 25.1 Å². The molecule has 1 aromatic rings. The van der Waals surface area contributed by atoms with Gasteiger partial charge in [-0.05, 0) is 0 Å². The molecule has 0 saturated carbocycles. The minimum absolute atomic E-state index is 0.210. The van der Waals surface area contributed by atoms with Crippen molar-refractivity contribution in [2.75, 3.05) is 12.9 Å². The molecule has 0 radical (unpaired) electrons. The molecule has 1 aliphatic rings. The van der Waals surface area contributed by atoms with Crippen molar-refractivity contribution in [1.82, 2.24) is 5.32 Å². The van der Waals surface area contributed by atoms with Gasteiger partial charge in [0.25, 0.3) is 0 Å². The molecule has 5 nitrogen and oxygen atoms in total. The largest absolute Gasteiger partial charge is 0.491 e. The number of hydrogen-bond donors (Lipinski definition) is 1. The van der Waals surface area contributed by atoms with Crippen LogP contribution in [-0.2, 0) is 4.79 Å². The maximum absolute atomic E-state index is 13.7. The summed E-state index contributed by atoms with van der Waals surface area (Å²) in [5.74, 6) is -4.22. The van der Waals surface area contributed by atoms with E-state index in [1.165, 1.54) is 0 Å². The smallest absolute Gasteiger partial charge is 0.236 e. The number of carbonyl (C=O) groups excluding carboxylic acids is 1. The summed E-state index contributed by atoms with van der Waals surface area (Å²) in [6, 6.07) is 0.489. The number of rotatable bonds is 3. The molecule has 0 unspecified atom stereocenters. The zero-order valence-corrected chi connectivity index (χ0v) is 10.9. The van der Waals surface area contributed by atoms with E-state index in [2.05, 4.69) is 20.3 Å². The molecule has 1 N–H and O–H groups in total. The van der Waals surface area contributed by atoms with Crippen molar-refractivity contribution in [1.29, 1.82) is 0 Å². The van der Waals surface area contributed by atoms with Crippen LogP contribution >= 0.6 is 11.8 Å². The van der Waals surface area contributed by atoms with Crippen molar-refractivity contribution in [3.63, 3.8) is 0 Å². The van der Waals surface area contributed by atoms with Gasteiger partial charge in [0, 0.05) is 6.07 Å². The number of thioether (sulfide) groups is 1. The van der Waals surface area contributed by atoms with Gasteiger partial charge in [-0.3, -0.25) is 4.79 Å². The van der Waals surface area contributed by atoms with E-state index in [0.29, 0.717) is 6.07 Å². The molecule has 0 spiro atoms. The third-order valence-corrected chi connectivity index (χ3v) is 3.15. The van der Waals surface area contributed by atoms with Crippen LogP contribution in [-0.4, -0.2) is 30.2 Å². The normalized spacial score (nSPS) is 17.0. The average molecular weight is 303 g/mol. The zero-order valence-electron chi connectivity index (χ0n) is 10.1. The number of nitrogens with one attached hydrogen (secondary N) is 1. The van der Waals surface area contributed by atoms with E-state index in [-0.39, 0.29) is 16.8 Å². The first-order chi connectivity index (χ1) is 9.52. The number of nitrogens with zero attached hydrogens (tertiary/aromatic N) is 2. The van der Waals surface area contributed by atoms with Crippen LogP contribution in [0.25, 0.3) is 0 Å². The molecule has 20 heavy (non-hydrogen) atoms. The van der Waals surface area contributed by atoms with Gasteiger partial charge in [-0.15, -0.1) is 5.10 Å². The molecule has 0 aliphatic carbocycles. The summed E-state index contributed by atoms with van der Waals surface area (Å²) in [5.41, 5.74) is -0.582. The Labute approximate surface area is 115 Å². The van der Waals surface area contributed by atoms with Gasteiger partial charge in [-0.2, -0.15) is 5.10 Å². The molecular formula is C11H8F3N3O2S. The Morgan fingerprint density at radius 3 is 2.75 bits per heavy atom. The van der Waals surface area contributed by atoms with Gasteiger partial charge < -0.3 is 10.1 Å². The van der Waals surface area contributed by atoms with Crippen LogP contribution in [0.3, 0.4) is 0 Å². The van der Waals surface area contributed by atoms with Gasteiger partial charge in [0.05, 0.1) is 24.6 Å². The third-order valence-electron chi connectivity index (χ3n) is 2.29. The number of halogens is 3. The van der Waals surface area contributed by atoms with Crippen LogP contribution in [0.2, 0.25) is 0 Å². The first-order valence-corrected chi connectivity index (χ1v) is 6.26. The van der Waals surface area contributed by atoms with Crippen molar-refractivity contribution in [3.05, 3.63) is 29.1 Å². The molecule has 0 bridgehead atoms. The highest BCUT2D eigenvalue weighted by atomic mass is 32.2. The topological polar surface area (TPSA) is 63.1 Å². The molecule has 0 aromatic heterocycles. The van der Waals surface area contributed by atoms with Crippen molar-refractivity contribution in [2.45, 2.75) is 0 Å². The molecule has 1 saturated heterocycles. The maximum Gasteiger partial charge on any atom is 0.236 e. The molecule has 1 heterocycles. The summed E-state index contributed by atoms with van der Waals surface area (Å²) >= 11 is 1.11. The SMILES string of the molecule is COc1c(F)cc(F)c(C=NN=C2NC(=O)CS2)c1F. The molecule has 9 heteroatoms. The first-order valence-electron chi connectivity index (χ1n) is 5.28. The Kier molecular flexibility index (Phi) is 4.28. The van der Waals surface area contributed by atoms with Crippen LogP contribution < -0.4 is 10.1 Å². The summed E-state index contributed by atoms with van der Waals surface area (Å²) in [7, 11) is 1.06. The number of methoxy groups -OCH3 is 1. The fourth-order valence-electron chi connectivity index (χ4n) is 1.41. The van der Waals surface area contributed by atoms with E-state index in [9.17, 15) is 18.0 Å². The minimum atomic E-state index is -1.21. The Bertz CT molecular complexity index is 619. The van der Waals surface area contributed by atoms with Crippen LogP contribution in [0, 0.1) is 17.5 Å². The molecular weight excluding hydrogens is 295 g/mol. The highest BCUT2D eigenvalue weighted by molar-refractivity contribution is 8.15. The number of carbonyl (C=O) groups is 1. The lowest BCUT2D eigenvalue weighted by Gasteiger charge is -2.06. The lowest BCUT2D eigenvalue weighted by Crippen LogP contribution is -2.19. The molecule has 0 atom stereocenters. The Hall–Kier alpha value is -2.03. The lowest BCUT2D eigenvalue weighted by atomic mass is 10.2. The van der Waals surface area contributed by atoms with Crippen LogP contribution in [0.5, 0.6) is 5.75 Å². The van der Waals surface area contributed by atoms with Gasteiger partial charge in [-0.25, -0.2) is 13.2 Å². The predicted octanol–water partition coefficient (Wildman–Crippen LogP) is 1.67. The Morgan fingerprint density at radius 1 is 1.40 bits per heavy atom. The zero-order chi connectivity index (χ0) is 14.7. The highest BCUT2D eigenvalue weighted by Gasteiger charge is 2.19. The lowest BCUT2D eigenvalue weighted by molar-refractivity contribution is -0.116. The molecule has 106 valence electrons. The van der Waals surface area contributed by atoms with E-state index in [4.69, 9.17) is 0 Å². The van der Waals surface area contributed by atoms with Gasteiger partial charge in [0.15, 0.2) is 22.6 Å². The number of benzene rings is 1. The Morgan fingerprint density at radius 2 is 2.15 bits per heavy atom. The van der Waals surface area contributed by atoms with Crippen molar-refractivity contribution in [3.8, 4) is 5.75 Å². The molecule has 2 rings (SSSR count). The second kappa shape index (κ2) is 5.95. The van der Waals surface area contributed by atoms with Crippen LogP contribution in [0.1, 0.15) is 5.56 Å². The molecule has 1 fully saturated rings. The van der Waals surface area contributed by atoms with Crippen LogP contribution in [0.15, 0.2) is 16.3 Å². The summed E-state index contributed by atoms with van der Waals surface area (Å²) in [6.07, 6.45) is 0.782. The maximum atomic E-state index is 13.7. The molecule has 1 aliphatic heterocycles. The van der Waals surface area contributed by atoms with Gasteiger partial charge >= 0.3 is 0 Å². The average Bonchev–Trinajstić information content (AvgIpc) is 2.79. The fourth-order valence-corrected chi connectivity index (χ4v) is 2.04.